The Bertz CT molecular complexity index is 2420. The van der Waals surface area contributed by atoms with Crippen LogP contribution in [0.3, 0.4) is 0 Å². The highest BCUT2D eigenvalue weighted by molar-refractivity contribution is 6.33. The van der Waals surface area contributed by atoms with E-state index in [0.29, 0.717) is 61.5 Å². The van der Waals surface area contributed by atoms with E-state index >= 15 is 0 Å². The number of nitrogens with one attached hydrogen (secondary N) is 3. The van der Waals surface area contributed by atoms with Crippen LogP contribution in [0.5, 0.6) is 0 Å². The summed E-state index contributed by atoms with van der Waals surface area (Å²) in [5.41, 5.74) is 3.42. The maximum Gasteiger partial charge on any atom is 0.259 e. The molecule has 0 atom stereocenters. The second kappa shape index (κ2) is 17.3. The van der Waals surface area contributed by atoms with Crippen molar-refractivity contribution in [2.24, 2.45) is 14.1 Å². The number of likely N-dealkylation sites (tertiary alicyclic amines) is 1. The third kappa shape index (κ3) is 8.66. The summed E-state index contributed by atoms with van der Waals surface area (Å²) in [6.45, 7) is 4.76. The number of rotatable bonds is 8. The molecule has 2 saturated heterocycles. The average Bonchev–Trinajstić information content (AvgIpc) is 3.20. The van der Waals surface area contributed by atoms with E-state index in [9.17, 15) is 9.59 Å². The summed E-state index contributed by atoms with van der Waals surface area (Å²) in [6, 6.07) is 18.9. The van der Waals surface area contributed by atoms with Crippen LogP contribution in [-0.2, 0) is 14.1 Å². The molecule has 0 amide bonds. The summed E-state index contributed by atoms with van der Waals surface area (Å²) in [4.78, 5) is 46.1. The van der Waals surface area contributed by atoms with Gasteiger partial charge in [-0.15, -0.1) is 0 Å². The van der Waals surface area contributed by atoms with Gasteiger partial charge in [0.25, 0.3) is 11.1 Å². The number of benzene rings is 2. The van der Waals surface area contributed by atoms with Crippen LogP contribution < -0.4 is 27.1 Å². The highest BCUT2D eigenvalue weighted by Crippen LogP contribution is 2.28. The third-order valence-corrected chi connectivity index (χ3v) is 10.9. The Balaban J connectivity index is 0.000000170. The van der Waals surface area contributed by atoms with Gasteiger partial charge >= 0.3 is 0 Å². The Morgan fingerprint density at radius 1 is 0.709 bits per heavy atom. The van der Waals surface area contributed by atoms with Crippen molar-refractivity contribution in [2.45, 2.75) is 37.8 Å². The first kappa shape index (κ1) is 38.4. The SMILES string of the molecule is Cn1c(=O)c(-c2ccccc2Cl)cc2cnc(NC3CCN(CCO)CC3)nc21.Cn1c(=O)c(-c2ccccc2Cl)cc2cnc(NC3CCNCC3)nc21. The van der Waals surface area contributed by atoms with Crippen LogP contribution in [0, 0.1) is 0 Å². The molecule has 15 heteroatoms. The second-order valence-electron chi connectivity index (χ2n) is 13.9. The van der Waals surface area contributed by atoms with Crippen LogP contribution in [0.2, 0.25) is 10.0 Å². The van der Waals surface area contributed by atoms with E-state index in [0.717, 1.165) is 69.2 Å². The number of β-amino-alcohol motifs (C(OH)–C–C–N with tert-alkyl or cyclic N) is 1. The molecule has 6 aromatic rings. The van der Waals surface area contributed by atoms with Crippen LogP contribution >= 0.6 is 23.2 Å². The molecular formula is C40H44Cl2N10O3. The average molecular weight is 784 g/mol. The smallest absolute Gasteiger partial charge is 0.259 e. The second-order valence-corrected chi connectivity index (χ2v) is 14.7. The van der Waals surface area contributed by atoms with Gasteiger partial charge in [-0.05, 0) is 63.0 Å². The molecule has 4 N–H and O–H groups in total. The minimum Gasteiger partial charge on any atom is -0.395 e. The van der Waals surface area contributed by atoms with Gasteiger partial charge in [-0.2, -0.15) is 9.97 Å². The lowest BCUT2D eigenvalue weighted by molar-refractivity contribution is 0.168. The van der Waals surface area contributed by atoms with E-state index in [4.69, 9.17) is 28.3 Å². The number of piperidine rings is 2. The van der Waals surface area contributed by atoms with Gasteiger partial charge in [-0.25, -0.2) is 9.97 Å². The lowest BCUT2D eigenvalue weighted by Gasteiger charge is -2.31. The molecule has 0 aliphatic carbocycles. The fourth-order valence-corrected chi connectivity index (χ4v) is 7.63. The predicted molar refractivity (Wildman–Crippen MR) is 220 cm³/mol. The first-order valence-corrected chi connectivity index (χ1v) is 19.3. The molecule has 0 spiro atoms. The van der Waals surface area contributed by atoms with Crippen molar-refractivity contribution in [3.05, 3.63) is 104 Å². The first-order chi connectivity index (χ1) is 26.7. The summed E-state index contributed by atoms with van der Waals surface area (Å²) >= 11 is 12.6. The highest BCUT2D eigenvalue weighted by Gasteiger charge is 2.21. The number of halogens is 2. The fraction of sp³-hybridized carbons (Fsp3) is 0.350. The predicted octanol–water partition coefficient (Wildman–Crippen LogP) is 5.33. The molecule has 6 heterocycles. The quantitative estimate of drug-likeness (QED) is 0.158. The van der Waals surface area contributed by atoms with Crippen LogP contribution in [0.1, 0.15) is 25.7 Å². The number of nitrogens with zero attached hydrogens (tertiary/aromatic N) is 7. The molecular weight excluding hydrogens is 739 g/mol. The number of hydrogen-bond acceptors (Lipinski definition) is 11. The number of aromatic nitrogens is 6. The third-order valence-electron chi connectivity index (χ3n) is 10.2. The van der Waals surface area contributed by atoms with Crippen molar-refractivity contribution in [1.82, 2.24) is 39.3 Å². The van der Waals surface area contributed by atoms with Gasteiger partial charge in [0, 0.05) is 101 Å². The summed E-state index contributed by atoms with van der Waals surface area (Å²) in [7, 11) is 3.45. The Morgan fingerprint density at radius 3 is 1.62 bits per heavy atom. The number of aliphatic hydroxyl groups is 1. The highest BCUT2D eigenvalue weighted by atomic mass is 35.5. The zero-order valence-corrected chi connectivity index (χ0v) is 32.3. The normalized spacial score (nSPS) is 15.5. The largest absolute Gasteiger partial charge is 0.395 e. The van der Waals surface area contributed by atoms with Crippen LogP contribution in [0.25, 0.3) is 44.3 Å². The Kier molecular flexibility index (Phi) is 12.0. The fourth-order valence-electron chi connectivity index (χ4n) is 7.15. The number of anilines is 2. The number of aryl methyl sites for hydroxylation is 2. The lowest BCUT2D eigenvalue weighted by atomic mass is 10.1. The van der Waals surface area contributed by atoms with Gasteiger partial charge in [-0.3, -0.25) is 18.7 Å². The maximum absolute atomic E-state index is 12.9. The molecule has 2 aliphatic rings. The van der Waals surface area contributed by atoms with E-state index < -0.39 is 0 Å². The molecule has 8 rings (SSSR count). The molecule has 286 valence electrons. The summed E-state index contributed by atoms with van der Waals surface area (Å²) < 4.78 is 3.11. The van der Waals surface area contributed by atoms with Crippen LogP contribution in [-0.4, -0.2) is 90.5 Å². The van der Waals surface area contributed by atoms with Gasteiger partial charge in [0.15, 0.2) is 0 Å². The van der Waals surface area contributed by atoms with E-state index in [-0.39, 0.29) is 23.8 Å². The van der Waals surface area contributed by atoms with Gasteiger partial charge in [0.1, 0.15) is 11.3 Å². The summed E-state index contributed by atoms with van der Waals surface area (Å²) in [5.74, 6) is 1.09. The van der Waals surface area contributed by atoms with Crippen molar-refractivity contribution >= 4 is 57.2 Å². The van der Waals surface area contributed by atoms with Gasteiger partial charge < -0.3 is 26.0 Å². The van der Waals surface area contributed by atoms with Crippen molar-refractivity contribution in [3.63, 3.8) is 0 Å². The van der Waals surface area contributed by atoms with Crippen LogP contribution in [0.4, 0.5) is 11.9 Å². The molecule has 4 aromatic heterocycles. The van der Waals surface area contributed by atoms with Gasteiger partial charge in [0.05, 0.1) is 6.61 Å². The molecule has 0 bridgehead atoms. The summed E-state index contributed by atoms with van der Waals surface area (Å²) in [5, 5.41) is 21.8. The molecule has 2 fully saturated rings. The number of aliphatic hydroxyl groups excluding tert-OH is 1. The number of fused-ring (bicyclic) bond motifs is 2. The Morgan fingerprint density at radius 2 is 1.16 bits per heavy atom. The van der Waals surface area contributed by atoms with Crippen LogP contribution in [0.15, 0.2) is 82.6 Å². The summed E-state index contributed by atoms with van der Waals surface area (Å²) in [6.07, 6.45) is 7.49. The van der Waals surface area contributed by atoms with E-state index in [1.54, 1.807) is 53.8 Å². The van der Waals surface area contributed by atoms with E-state index in [1.165, 1.54) is 0 Å². The van der Waals surface area contributed by atoms with E-state index in [1.807, 2.05) is 42.5 Å². The molecule has 0 radical (unpaired) electrons. The number of pyridine rings is 2. The minimum atomic E-state index is -0.146. The minimum absolute atomic E-state index is 0.128. The molecule has 2 aliphatic heterocycles. The molecule has 13 nitrogen and oxygen atoms in total. The van der Waals surface area contributed by atoms with Crippen molar-refractivity contribution in [2.75, 3.05) is 50.0 Å². The Hall–Kier alpha value is -4.92. The van der Waals surface area contributed by atoms with E-state index in [2.05, 4.69) is 40.8 Å². The number of hydrogen-bond donors (Lipinski definition) is 4. The monoisotopic (exact) mass is 782 g/mol. The Labute approximate surface area is 328 Å². The van der Waals surface area contributed by atoms with Crippen molar-refractivity contribution in [1.29, 1.82) is 0 Å². The standard InChI is InChI=1S/C21H24ClN5O2.C19H20ClN5O/c1-26-19-14(12-17(20(26)29)16-4-2-3-5-18(16)22)13-23-21(25-19)24-15-6-8-27(9-7-15)10-11-28;1-25-17-12(10-15(18(25)26)14-4-2-3-5-16(14)20)11-22-19(24-17)23-13-6-8-21-9-7-13/h2-5,12-13,15,28H,6-11H2,1H3,(H,23,24,25);2-5,10-11,13,21H,6-9H2,1H3,(H,22,23,24). The topological polar surface area (TPSA) is 155 Å². The zero-order chi connectivity index (χ0) is 38.5. The van der Waals surface area contributed by atoms with Gasteiger partial charge in [-0.1, -0.05) is 59.6 Å². The van der Waals surface area contributed by atoms with Gasteiger partial charge in [0.2, 0.25) is 11.9 Å². The van der Waals surface area contributed by atoms with Crippen molar-refractivity contribution in [3.8, 4) is 22.3 Å². The van der Waals surface area contributed by atoms with Crippen molar-refractivity contribution < 1.29 is 5.11 Å². The lowest BCUT2D eigenvalue weighted by Crippen LogP contribution is -2.40. The first-order valence-electron chi connectivity index (χ1n) is 18.5. The zero-order valence-electron chi connectivity index (χ0n) is 30.8. The molecule has 2 aromatic carbocycles. The molecule has 0 saturated carbocycles. The molecule has 0 unspecified atom stereocenters. The molecule has 55 heavy (non-hydrogen) atoms. The maximum atomic E-state index is 12.9.